The number of benzene rings is 1. The van der Waals surface area contributed by atoms with E-state index in [9.17, 15) is 9.59 Å². The van der Waals surface area contributed by atoms with Crippen LogP contribution in [0.2, 0.25) is 0 Å². The fourth-order valence-electron chi connectivity index (χ4n) is 2.03. The van der Waals surface area contributed by atoms with Gasteiger partial charge in [-0.15, -0.1) is 0 Å². The van der Waals surface area contributed by atoms with Crippen LogP contribution < -0.4 is 10.6 Å². The van der Waals surface area contributed by atoms with Gasteiger partial charge in [0.05, 0.1) is 4.47 Å². The van der Waals surface area contributed by atoms with Crippen molar-refractivity contribution in [3.63, 3.8) is 0 Å². The lowest BCUT2D eigenvalue weighted by Crippen LogP contribution is -2.26. The Morgan fingerprint density at radius 2 is 2.09 bits per heavy atom. The van der Waals surface area contributed by atoms with Crippen LogP contribution in [0.1, 0.15) is 26.4 Å². The summed E-state index contributed by atoms with van der Waals surface area (Å²) in [6, 6.07) is 7.33. The maximum absolute atomic E-state index is 12.0. The van der Waals surface area contributed by atoms with Gasteiger partial charge in [0.1, 0.15) is 0 Å². The molecule has 0 aliphatic heterocycles. The topological polar surface area (TPSA) is 76.0 Å². The zero-order valence-electron chi connectivity index (χ0n) is 12.4. The average molecular weight is 365 g/mol. The smallest absolute Gasteiger partial charge is 0.272 e. The number of rotatable bonds is 5. The minimum absolute atomic E-state index is 0.122. The lowest BCUT2D eigenvalue weighted by Gasteiger charge is -2.06. The number of nitrogens with zero attached hydrogens (tertiary/aromatic N) is 2. The molecule has 1 aromatic carbocycles. The standard InChI is InChI=1S/C15H17BrN4O2/c1-17-14(21)11-5-3-4-10(8-11)6-7-18-15(22)13-12(16)9-20(2)19-13/h3-5,8-9H,6-7H2,1-2H3,(H,17,21)(H,18,22). The number of hydrogen-bond acceptors (Lipinski definition) is 3. The van der Waals surface area contributed by atoms with Gasteiger partial charge in [-0.05, 0) is 40.0 Å². The van der Waals surface area contributed by atoms with E-state index in [0.29, 0.717) is 28.7 Å². The summed E-state index contributed by atoms with van der Waals surface area (Å²) in [6.07, 6.45) is 2.36. The van der Waals surface area contributed by atoms with Crippen LogP contribution in [0.3, 0.4) is 0 Å². The summed E-state index contributed by atoms with van der Waals surface area (Å²) < 4.78 is 2.24. The van der Waals surface area contributed by atoms with Gasteiger partial charge in [0.2, 0.25) is 0 Å². The highest BCUT2D eigenvalue weighted by Gasteiger charge is 2.13. The maximum atomic E-state index is 12.0. The van der Waals surface area contributed by atoms with Crippen LogP contribution in [0.5, 0.6) is 0 Å². The van der Waals surface area contributed by atoms with E-state index in [2.05, 4.69) is 31.7 Å². The number of carbonyl (C=O) groups is 2. The molecule has 2 amide bonds. The van der Waals surface area contributed by atoms with Gasteiger partial charge in [-0.1, -0.05) is 12.1 Å². The lowest BCUT2D eigenvalue weighted by molar-refractivity contribution is 0.0943. The van der Waals surface area contributed by atoms with Gasteiger partial charge < -0.3 is 10.6 Å². The molecule has 0 radical (unpaired) electrons. The van der Waals surface area contributed by atoms with Crippen LogP contribution in [0, 0.1) is 0 Å². The van der Waals surface area contributed by atoms with Gasteiger partial charge in [-0.3, -0.25) is 14.3 Å². The summed E-state index contributed by atoms with van der Waals surface area (Å²) in [5, 5.41) is 9.50. The largest absolute Gasteiger partial charge is 0.355 e. The second-order valence-corrected chi connectivity index (χ2v) is 5.64. The van der Waals surface area contributed by atoms with Crippen molar-refractivity contribution in [2.24, 2.45) is 7.05 Å². The quantitative estimate of drug-likeness (QED) is 0.844. The Hall–Kier alpha value is -2.15. The fraction of sp³-hybridized carbons (Fsp3) is 0.267. The molecule has 6 nitrogen and oxygen atoms in total. The number of aryl methyl sites for hydroxylation is 1. The highest BCUT2D eigenvalue weighted by Crippen LogP contribution is 2.13. The maximum Gasteiger partial charge on any atom is 0.272 e. The van der Waals surface area contributed by atoms with Gasteiger partial charge >= 0.3 is 0 Å². The van der Waals surface area contributed by atoms with Crippen molar-refractivity contribution in [2.75, 3.05) is 13.6 Å². The van der Waals surface area contributed by atoms with Crippen molar-refractivity contribution in [1.82, 2.24) is 20.4 Å². The second kappa shape index (κ2) is 7.22. The summed E-state index contributed by atoms with van der Waals surface area (Å²) in [5.74, 6) is -0.349. The molecule has 7 heteroatoms. The first kappa shape index (κ1) is 16.2. The van der Waals surface area contributed by atoms with Crippen molar-refractivity contribution in [3.05, 3.63) is 51.8 Å². The Balaban J connectivity index is 1.92. The first-order chi connectivity index (χ1) is 10.5. The molecule has 0 atom stereocenters. The first-order valence-corrected chi connectivity index (χ1v) is 7.59. The summed E-state index contributed by atoms with van der Waals surface area (Å²) in [4.78, 5) is 23.6. The number of amides is 2. The molecule has 0 saturated heterocycles. The van der Waals surface area contributed by atoms with E-state index in [1.54, 1.807) is 31.0 Å². The first-order valence-electron chi connectivity index (χ1n) is 6.79. The third-order valence-electron chi connectivity index (χ3n) is 3.11. The molecular formula is C15H17BrN4O2. The highest BCUT2D eigenvalue weighted by atomic mass is 79.9. The van der Waals surface area contributed by atoms with Crippen LogP contribution in [0.25, 0.3) is 0 Å². The predicted octanol–water partition coefficient (Wildman–Crippen LogP) is 1.51. The number of carbonyl (C=O) groups excluding carboxylic acids is 2. The molecule has 1 heterocycles. The number of halogens is 1. The van der Waals surface area contributed by atoms with E-state index < -0.39 is 0 Å². The van der Waals surface area contributed by atoms with E-state index in [-0.39, 0.29) is 11.8 Å². The van der Waals surface area contributed by atoms with Crippen molar-refractivity contribution in [3.8, 4) is 0 Å². The Morgan fingerprint density at radius 1 is 1.32 bits per heavy atom. The molecule has 116 valence electrons. The van der Waals surface area contributed by atoms with E-state index in [4.69, 9.17) is 0 Å². The molecule has 22 heavy (non-hydrogen) atoms. The van der Waals surface area contributed by atoms with E-state index in [1.165, 1.54) is 0 Å². The van der Waals surface area contributed by atoms with E-state index >= 15 is 0 Å². The number of hydrogen-bond donors (Lipinski definition) is 2. The molecule has 0 aliphatic carbocycles. The normalized spacial score (nSPS) is 10.3. The third kappa shape index (κ3) is 3.94. The minimum Gasteiger partial charge on any atom is -0.355 e. The molecule has 0 spiro atoms. The van der Waals surface area contributed by atoms with Gasteiger partial charge in [-0.2, -0.15) is 5.10 Å². The SMILES string of the molecule is CNC(=O)c1cccc(CCNC(=O)c2nn(C)cc2Br)c1. The summed E-state index contributed by atoms with van der Waals surface area (Å²) in [5.41, 5.74) is 1.96. The number of nitrogens with one attached hydrogen (secondary N) is 2. The highest BCUT2D eigenvalue weighted by molar-refractivity contribution is 9.10. The van der Waals surface area contributed by atoms with Crippen molar-refractivity contribution < 1.29 is 9.59 Å². The second-order valence-electron chi connectivity index (χ2n) is 4.78. The van der Waals surface area contributed by atoms with Gasteiger partial charge in [0, 0.05) is 32.4 Å². The van der Waals surface area contributed by atoms with Crippen LogP contribution >= 0.6 is 15.9 Å². The summed E-state index contributed by atoms with van der Waals surface area (Å²) in [7, 11) is 3.35. The van der Waals surface area contributed by atoms with Gasteiger partial charge in [-0.25, -0.2) is 0 Å². The van der Waals surface area contributed by atoms with Crippen molar-refractivity contribution in [2.45, 2.75) is 6.42 Å². The van der Waals surface area contributed by atoms with Crippen LogP contribution in [-0.4, -0.2) is 35.2 Å². The van der Waals surface area contributed by atoms with E-state index in [1.807, 2.05) is 18.2 Å². The van der Waals surface area contributed by atoms with Gasteiger partial charge in [0.15, 0.2) is 5.69 Å². The molecule has 0 fully saturated rings. The fourth-order valence-corrected chi connectivity index (χ4v) is 2.59. The zero-order valence-corrected chi connectivity index (χ0v) is 14.0. The molecule has 1 aromatic heterocycles. The number of aromatic nitrogens is 2. The molecule has 2 N–H and O–H groups in total. The van der Waals surface area contributed by atoms with Crippen molar-refractivity contribution in [1.29, 1.82) is 0 Å². The zero-order chi connectivity index (χ0) is 16.1. The Morgan fingerprint density at radius 3 is 2.73 bits per heavy atom. The lowest BCUT2D eigenvalue weighted by atomic mass is 10.1. The Bertz CT molecular complexity index is 697. The molecule has 2 rings (SSSR count). The molecule has 0 aliphatic rings. The van der Waals surface area contributed by atoms with Gasteiger partial charge in [0.25, 0.3) is 11.8 Å². The monoisotopic (exact) mass is 364 g/mol. The third-order valence-corrected chi connectivity index (χ3v) is 3.69. The molecular weight excluding hydrogens is 348 g/mol. The predicted molar refractivity (Wildman–Crippen MR) is 86.8 cm³/mol. The summed E-state index contributed by atoms with van der Waals surface area (Å²) >= 11 is 3.30. The molecule has 0 saturated carbocycles. The van der Waals surface area contributed by atoms with Crippen LogP contribution in [-0.2, 0) is 13.5 Å². The molecule has 0 unspecified atom stereocenters. The van der Waals surface area contributed by atoms with E-state index in [0.717, 1.165) is 5.56 Å². The molecule has 0 bridgehead atoms. The average Bonchev–Trinajstić information content (AvgIpc) is 2.85. The minimum atomic E-state index is -0.227. The molecule has 2 aromatic rings. The Kier molecular flexibility index (Phi) is 5.32. The Labute approximate surface area is 137 Å². The van der Waals surface area contributed by atoms with Crippen LogP contribution in [0.15, 0.2) is 34.9 Å². The van der Waals surface area contributed by atoms with Crippen LogP contribution in [0.4, 0.5) is 0 Å². The van der Waals surface area contributed by atoms with Crippen molar-refractivity contribution >= 4 is 27.7 Å². The summed E-state index contributed by atoms with van der Waals surface area (Å²) in [6.45, 7) is 0.471.